The summed E-state index contributed by atoms with van der Waals surface area (Å²) in [6, 6.07) is 0.374. The molecule has 202 valence electrons. The summed E-state index contributed by atoms with van der Waals surface area (Å²) in [5.74, 6) is -1.14. The number of nitrogens with zero attached hydrogens (tertiary/aromatic N) is 6. The number of nitriles is 1. The maximum atomic E-state index is 12.1. The molecule has 2 aromatic rings. The number of methoxy groups -OCH3 is 1. The molecule has 2 unspecified atom stereocenters. The number of aromatic nitrogens is 4. The van der Waals surface area contributed by atoms with E-state index in [1.807, 2.05) is 0 Å². The monoisotopic (exact) mass is 600 g/mol. The molecule has 0 aliphatic carbocycles. The smallest absolute Gasteiger partial charge is 0.303 e. The highest BCUT2D eigenvalue weighted by Gasteiger charge is 2.53. The van der Waals surface area contributed by atoms with Gasteiger partial charge in [-0.25, -0.2) is 9.67 Å². The van der Waals surface area contributed by atoms with Gasteiger partial charge in [0.2, 0.25) is 0 Å². The van der Waals surface area contributed by atoms with E-state index in [1.165, 1.54) is 43.2 Å². The third-order valence-corrected chi connectivity index (χ3v) is 8.71. The number of rotatable bonds is 8. The highest BCUT2D eigenvalue weighted by atomic mass is 35.5. The number of carbonyl (C=O) groups is 2. The molecule has 0 bridgehead atoms. The Labute approximate surface area is 235 Å². The Bertz CT molecular complexity index is 1280. The molecule has 4 heterocycles. The summed E-state index contributed by atoms with van der Waals surface area (Å²) in [4.78, 5) is 32.2. The minimum absolute atomic E-state index is 0.230. The highest BCUT2D eigenvalue weighted by Crippen LogP contribution is 2.47. The summed E-state index contributed by atoms with van der Waals surface area (Å²) in [6.45, 7) is 2.28. The molecule has 1 saturated heterocycles. The van der Waals surface area contributed by atoms with Crippen molar-refractivity contribution in [1.82, 2.24) is 20.0 Å². The van der Waals surface area contributed by atoms with Gasteiger partial charge in [0.1, 0.15) is 50.4 Å². The summed E-state index contributed by atoms with van der Waals surface area (Å²) < 4.78 is 23.2. The van der Waals surface area contributed by atoms with Crippen molar-refractivity contribution < 1.29 is 28.5 Å². The summed E-state index contributed by atoms with van der Waals surface area (Å²) in [7, 11) is 1.46. The first-order valence-corrected chi connectivity index (χ1v) is 13.7. The number of halogens is 2. The lowest BCUT2D eigenvalue weighted by Gasteiger charge is -2.46. The summed E-state index contributed by atoms with van der Waals surface area (Å²) in [6.07, 6.45) is 3.65. The first kappa shape index (κ1) is 28.5. The van der Waals surface area contributed by atoms with Gasteiger partial charge >= 0.3 is 11.9 Å². The minimum atomic E-state index is -1.29. The minimum Gasteiger partial charge on any atom is -0.463 e. The van der Waals surface area contributed by atoms with Gasteiger partial charge in [-0.3, -0.25) is 14.6 Å². The predicted molar refractivity (Wildman–Crippen MR) is 140 cm³/mol. The number of dihydropyridines is 1. The van der Waals surface area contributed by atoms with Crippen LogP contribution in [0.3, 0.4) is 0 Å². The molecular formula is C22H22Cl2N6O6S2. The second-order valence-electron chi connectivity index (χ2n) is 8.17. The standard InChI is InChI=1S/C22H22Cl2N6O6S2/c1-11(31)34-9-14-18(35-12(2)32)17(30-8-13(28-29-30)20-27-16(23)10-37-20)19(33-3)21(36-14)38-22(24)5-4-6-26-15(22)7-25/h4-6,8,10,14-15,17-19,21H,9H2,1-3H3/t14-,15?,17+,18+,19-,21-,22?/m1/s1. The van der Waals surface area contributed by atoms with Crippen molar-refractivity contribution >= 4 is 64.5 Å². The van der Waals surface area contributed by atoms with E-state index < -0.39 is 52.0 Å². The van der Waals surface area contributed by atoms with Gasteiger partial charge < -0.3 is 18.9 Å². The van der Waals surface area contributed by atoms with E-state index in [-0.39, 0.29) is 6.61 Å². The number of aliphatic imine (C=N–C) groups is 1. The molecule has 0 aromatic carbocycles. The Hall–Kier alpha value is -2.54. The molecule has 16 heteroatoms. The summed E-state index contributed by atoms with van der Waals surface area (Å²) in [5, 5.41) is 20.6. The molecule has 12 nitrogen and oxygen atoms in total. The van der Waals surface area contributed by atoms with Gasteiger partial charge in [0.25, 0.3) is 0 Å². The lowest BCUT2D eigenvalue weighted by atomic mass is 9.96. The van der Waals surface area contributed by atoms with Crippen LogP contribution in [-0.2, 0) is 28.5 Å². The molecule has 2 aliphatic heterocycles. The van der Waals surface area contributed by atoms with Crippen molar-refractivity contribution in [3.8, 4) is 16.8 Å². The molecule has 0 N–H and O–H groups in total. The average Bonchev–Trinajstić information content (AvgIpc) is 3.52. The van der Waals surface area contributed by atoms with E-state index in [9.17, 15) is 14.9 Å². The number of thioether (sulfide) groups is 1. The van der Waals surface area contributed by atoms with Crippen LogP contribution < -0.4 is 0 Å². The normalized spacial score (nSPS) is 30.5. The van der Waals surface area contributed by atoms with E-state index in [2.05, 4.69) is 26.4 Å². The van der Waals surface area contributed by atoms with Crippen molar-refractivity contribution in [2.75, 3.05) is 13.7 Å². The van der Waals surface area contributed by atoms with Gasteiger partial charge in [-0.1, -0.05) is 40.2 Å². The van der Waals surface area contributed by atoms with Gasteiger partial charge in [-0.2, -0.15) is 5.26 Å². The molecule has 2 aromatic heterocycles. The molecule has 0 saturated carbocycles. The topological polar surface area (TPSA) is 151 Å². The molecule has 4 rings (SSSR count). The van der Waals surface area contributed by atoms with Crippen LogP contribution in [0.1, 0.15) is 19.9 Å². The zero-order valence-electron chi connectivity index (χ0n) is 20.3. The number of allylic oxidation sites excluding steroid dienone is 1. The van der Waals surface area contributed by atoms with Gasteiger partial charge in [0.05, 0.1) is 12.3 Å². The van der Waals surface area contributed by atoms with E-state index in [0.29, 0.717) is 15.9 Å². The lowest BCUT2D eigenvalue weighted by Crippen LogP contribution is -2.58. The molecular weight excluding hydrogens is 579 g/mol. The molecule has 0 radical (unpaired) electrons. The van der Waals surface area contributed by atoms with Crippen molar-refractivity contribution in [2.45, 2.75) is 53.9 Å². The lowest BCUT2D eigenvalue weighted by molar-refractivity contribution is -0.208. The first-order chi connectivity index (χ1) is 18.1. The highest BCUT2D eigenvalue weighted by molar-refractivity contribution is 8.02. The fraction of sp³-hybridized carbons (Fsp3) is 0.500. The maximum absolute atomic E-state index is 12.1. The number of thiazole rings is 1. The van der Waals surface area contributed by atoms with Gasteiger partial charge in [-0.15, -0.1) is 16.4 Å². The van der Waals surface area contributed by atoms with Crippen LogP contribution in [0.25, 0.3) is 10.7 Å². The Kier molecular flexibility index (Phi) is 9.07. The maximum Gasteiger partial charge on any atom is 0.303 e. The van der Waals surface area contributed by atoms with Gasteiger partial charge in [-0.05, 0) is 12.2 Å². The van der Waals surface area contributed by atoms with Gasteiger partial charge in [0.15, 0.2) is 12.1 Å². The van der Waals surface area contributed by atoms with Crippen molar-refractivity contribution in [3.63, 3.8) is 0 Å². The second kappa shape index (κ2) is 12.1. The zero-order chi connectivity index (χ0) is 27.4. The first-order valence-electron chi connectivity index (χ1n) is 11.1. The van der Waals surface area contributed by atoms with E-state index in [0.717, 1.165) is 11.8 Å². The largest absolute Gasteiger partial charge is 0.463 e. The predicted octanol–water partition coefficient (Wildman–Crippen LogP) is 3.03. The van der Waals surface area contributed by atoms with Gasteiger partial charge in [0, 0.05) is 32.6 Å². The number of esters is 2. The van der Waals surface area contributed by atoms with Crippen LogP contribution in [0.2, 0.25) is 5.15 Å². The summed E-state index contributed by atoms with van der Waals surface area (Å²) >= 11 is 15.2. The molecule has 0 amide bonds. The number of hydrogen-bond donors (Lipinski definition) is 0. The number of carbonyl (C=O) groups excluding carboxylic acids is 2. The van der Waals surface area contributed by atoms with Crippen LogP contribution in [0.4, 0.5) is 0 Å². The van der Waals surface area contributed by atoms with Crippen LogP contribution in [0.15, 0.2) is 28.7 Å². The van der Waals surface area contributed by atoms with Crippen LogP contribution in [0.5, 0.6) is 0 Å². The van der Waals surface area contributed by atoms with E-state index in [4.69, 9.17) is 42.1 Å². The summed E-state index contributed by atoms with van der Waals surface area (Å²) in [5.41, 5.74) is -0.404. The van der Waals surface area contributed by atoms with Crippen molar-refractivity contribution in [1.29, 1.82) is 5.26 Å². The molecule has 38 heavy (non-hydrogen) atoms. The fourth-order valence-corrected chi connectivity index (χ4v) is 6.71. The van der Waals surface area contributed by atoms with E-state index >= 15 is 0 Å². The molecule has 2 aliphatic rings. The molecule has 1 fully saturated rings. The van der Waals surface area contributed by atoms with Crippen LogP contribution >= 0.6 is 46.3 Å². The quantitative estimate of drug-likeness (QED) is 0.324. The number of hydrogen-bond acceptors (Lipinski definition) is 13. The Morgan fingerprint density at radius 3 is 2.76 bits per heavy atom. The average molecular weight is 601 g/mol. The fourth-order valence-electron chi connectivity index (χ4n) is 4.01. The van der Waals surface area contributed by atoms with Crippen molar-refractivity contribution in [3.05, 3.63) is 28.9 Å². The third-order valence-electron chi connectivity index (χ3n) is 5.59. The third kappa shape index (κ3) is 6.19. The Balaban J connectivity index is 1.75. The Morgan fingerprint density at radius 2 is 2.13 bits per heavy atom. The Morgan fingerprint density at radius 1 is 1.34 bits per heavy atom. The molecule has 0 spiro atoms. The second-order valence-corrected chi connectivity index (χ2v) is 11.6. The number of alkyl halides is 1. The van der Waals surface area contributed by atoms with Crippen molar-refractivity contribution in [2.24, 2.45) is 4.99 Å². The van der Waals surface area contributed by atoms with Crippen LogP contribution in [0, 0.1) is 11.3 Å². The number of ether oxygens (including phenoxy) is 4. The zero-order valence-corrected chi connectivity index (χ0v) is 23.4. The SMILES string of the molecule is CO[C@@H]1[C@@H](n2cc(-c3nc(Cl)cs3)nn2)[C@@H](OC(C)=O)[C@@H](COC(C)=O)O[C@@H]1SC1(Cl)C=CC=NC1C#N. The van der Waals surface area contributed by atoms with Crippen LogP contribution in [-0.4, -0.2) is 85.8 Å². The molecule has 7 atom stereocenters. The van der Waals surface area contributed by atoms with E-state index in [1.54, 1.807) is 23.7 Å².